The van der Waals surface area contributed by atoms with Gasteiger partial charge in [0, 0.05) is 18.1 Å². The standard InChI is InChI=1S/C16H17ClN6OS/c1-3-7-22-15(24)12-6-5-11(17)9-13(12)18-16(22)25-10-14-19-20-21-23(14)8-4-2/h3,5-6,9H,1,4,7-8,10H2,2H3. The highest BCUT2D eigenvalue weighted by Crippen LogP contribution is 2.22. The molecule has 9 heteroatoms. The van der Waals surface area contributed by atoms with Crippen LogP contribution in [0.1, 0.15) is 19.2 Å². The van der Waals surface area contributed by atoms with Gasteiger partial charge in [-0.25, -0.2) is 9.67 Å². The minimum Gasteiger partial charge on any atom is -0.283 e. The topological polar surface area (TPSA) is 78.5 Å². The Morgan fingerprint density at radius 1 is 1.40 bits per heavy atom. The van der Waals surface area contributed by atoms with E-state index in [9.17, 15) is 4.79 Å². The van der Waals surface area contributed by atoms with Crippen LogP contribution in [0, 0.1) is 0 Å². The van der Waals surface area contributed by atoms with Crippen molar-refractivity contribution in [2.24, 2.45) is 0 Å². The summed E-state index contributed by atoms with van der Waals surface area (Å²) in [5.74, 6) is 1.26. The van der Waals surface area contributed by atoms with Crippen molar-refractivity contribution in [3.63, 3.8) is 0 Å². The molecule has 0 fully saturated rings. The number of thioether (sulfide) groups is 1. The fourth-order valence-corrected chi connectivity index (χ4v) is 3.52. The summed E-state index contributed by atoms with van der Waals surface area (Å²) in [6, 6.07) is 5.08. The smallest absolute Gasteiger partial charge is 0.262 e. The molecule has 0 aliphatic rings. The SMILES string of the molecule is C=CCn1c(SCc2nnnn2CCC)nc2cc(Cl)ccc2c1=O. The average Bonchev–Trinajstić information content (AvgIpc) is 3.03. The third-order valence-electron chi connectivity index (χ3n) is 3.57. The number of tetrazole rings is 1. The van der Waals surface area contributed by atoms with Crippen LogP contribution in [-0.2, 0) is 18.8 Å². The first kappa shape index (κ1) is 17.6. The normalized spacial score (nSPS) is 11.1. The van der Waals surface area contributed by atoms with Crippen molar-refractivity contribution in [2.45, 2.75) is 37.3 Å². The van der Waals surface area contributed by atoms with Gasteiger partial charge in [0.2, 0.25) is 0 Å². The Hall–Kier alpha value is -2.19. The van der Waals surface area contributed by atoms with Crippen molar-refractivity contribution in [2.75, 3.05) is 0 Å². The van der Waals surface area contributed by atoms with E-state index in [1.54, 1.807) is 33.5 Å². The van der Waals surface area contributed by atoms with Crippen LogP contribution in [0.4, 0.5) is 0 Å². The Balaban J connectivity index is 1.98. The summed E-state index contributed by atoms with van der Waals surface area (Å²) in [5, 5.41) is 13.4. The van der Waals surface area contributed by atoms with Gasteiger partial charge < -0.3 is 0 Å². The zero-order valence-corrected chi connectivity index (χ0v) is 15.3. The van der Waals surface area contributed by atoms with Crippen molar-refractivity contribution in [3.05, 3.63) is 52.1 Å². The van der Waals surface area contributed by atoms with Crippen molar-refractivity contribution in [1.29, 1.82) is 0 Å². The lowest BCUT2D eigenvalue weighted by molar-refractivity contribution is 0.564. The molecule has 7 nitrogen and oxygen atoms in total. The maximum absolute atomic E-state index is 12.8. The number of aromatic nitrogens is 6. The highest BCUT2D eigenvalue weighted by atomic mass is 35.5. The van der Waals surface area contributed by atoms with E-state index < -0.39 is 0 Å². The molecular weight excluding hydrogens is 360 g/mol. The number of allylic oxidation sites excluding steroid dienone is 1. The van der Waals surface area contributed by atoms with E-state index in [0.29, 0.717) is 33.4 Å². The average molecular weight is 377 g/mol. The highest BCUT2D eigenvalue weighted by Gasteiger charge is 2.13. The highest BCUT2D eigenvalue weighted by molar-refractivity contribution is 7.98. The van der Waals surface area contributed by atoms with Gasteiger partial charge in [0.05, 0.1) is 16.7 Å². The predicted octanol–water partition coefficient (Wildman–Crippen LogP) is 2.92. The zero-order chi connectivity index (χ0) is 17.8. The molecule has 0 radical (unpaired) electrons. The molecule has 0 saturated heterocycles. The second-order valence-corrected chi connectivity index (χ2v) is 6.75. The molecular formula is C16H17ClN6OS. The first-order valence-electron chi connectivity index (χ1n) is 7.83. The van der Waals surface area contributed by atoms with Crippen LogP contribution in [0.3, 0.4) is 0 Å². The molecule has 0 saturated carbocycles. The molecule has 0 N–H and O–H groups in total. The molecule has 3 rings (SSSR count). The minimum absolute atomic E-state index is 0.114. The second kappa shape index (κ2) is 7.79. The molecule has 0 bridgehead atoms. The first-order valence-corrected chi connectivity index (χ1v) is 9.19. The maximum atomic E-state index is 12.8. The van der Waals surface area contributed by atoms with Crippen LogP contribution in [0.15, 0.2) is 40.8 Å². The Morgan fingerprint density at radius 2 is 2.24 bits per heavy atom. The summed E-state index contributed by atoms with van der Waals surface area (Å²) < 4.78 is 3.36. The predicted molar refractivity (Wildman–Crippen MR) is 98.9 cm³/mol. The third kappa shape index (κ3) is 3.74. The summed E-state index contributed by atoms with van der Waals surface area (Å²) in [4.78, 5) is 17.4. The Kier molecular flexibility index (Phi) is 5.50. The van der Waals surface area contributed by atoms with E-state index >= 15 is 0 Å². The van der Waals surface area contributed by atoms with Crippen molar-refractivity contribution in [1.82, 2.24) is 29.8 Å². The van der Waals surface area contributed by atoms with Gasteiger partial charge in [0.25, 0.3) is 5.56 Å². The van der Waals surface area contributed by atoms with Gasteiger partial charge in [-0.1, -0.05) is 36.4 Å². The Morgan fingerprint density at radius 3 is 3.00 bits per heavy atom. The Bertz CT molecular complexity index is 967. The van der Waals surface area contributed by atoms with Gasteiger partial charge in [0.1, 0.15) is 0 Å². The van der Waals surface area contributed by atoms with Gasteiger partial charge >= 0.3 is 0 Å². The van der Waals surface area contributed by atoms with Crippen LogP contribution in [0.2, 0.25) is 5.02 Å². The van der Waals surface area contributed by atoms with Crippen molar-refractivity contribution >= 4 is 34.3 Å². The second-order valence-electron chi connectivity index (χ2n) is 5.37. The van der Waals surface area contributed by atoms with E-state index in [2.05, 4.69) is 34.0 Å². The fourth-order valence-electron chi connectivity index (χ4n) is 2.42. The number of rotatable bonds is 7. The third-order valence-corrected chi connectivity index (χ3v) is 4.77. The summed E-state index contributed by atoms with van der Waals surface area (Å²) in [5.41, 5.74) is 0.464. The number of halogens is 1. The van der Waals surface area contributed by atoms with Gasteiger partial charge in [-0.15, -0.1) is 11.7 Å². The summed E-state index contributed by atoms with van der Waals surface area (Å²) >= 11 is 7.45. The lowest BCUT2D eigenvalue weighted by Gasteiger charge is -2.11. The van der Waals surface area contributed by atoms with Gasteiger partial charge in [-0.3, -0.25) is 9.36 Å². The van der Waals surface area contributed by atoms with Gasteiger partial charge in [0.15, 0.2) is 11.0 Å². The van der Waals surface area contributed by atoms with Crippen LogP contribution in [0.5, 0.6) is 0 Å². The Labute approximate surface area is 153 Å². The zero-order valence-electron chi connectivity index (χ0n) is 13.7. The summed E-state index contributed by atoms with van der Waals surface area (Å²) in [6.45, 7) is 6.93. The van der Waals surface area contributed by atoms with E-state index in [0.717, 1.165) is 18.8 Å². The molecule has 2 aromatic heterocycles. The summed E-state index contributed by atoms with van der Waals surface area (Å²) in [6.07, 6.45) is 2.62. The number of benzene rings is 1. The van der Waals surface area contributed by atoms with Gasteiger partial charge in [-0.05, 0) is 35.0 Å². The number of aryl methyl sites for hydroxylation is 1. The fraction of sp³-hybridized carbons (Fsp3) is 0.312. The maximum Gasteiger partial charge on any atom is 0.262 e. The molecule has 0 aliphatic carbocycles. The van der Waals surface area contributed by atoms with Crippen LogP contribution in [0.25, 0.3) is 10.9 Å². The monoisotopic (exact) mass is 376 g/mol. The van der Waals surface area contributed by atoms with E-state index in [-0.39, 0.29) is 5.56 Å². The molecule has 0 unspecified atom stereocenters. The number of fused-ring (bicyclic) bond motifs is 1. The van der Waals surface area contributed by atoms with E-state index in [4.69, 9.17) is 11.6 Å². The molecule has 0 aliphatic heterocycles. The van der Waals surface area contributed by atoms with Crippen LogP contribution in [-0.4, -0.2) is 29.8 Å². The number of nitrogens with zero attached hydrogens (tertiary/aromatic N) is 6. The minimum atomic E-state index is -0.114. The molecule has 0 atom stereocenters. The first-order chi connectivity index (χ1) is 12.1. The van der Waals surface area contributed by atoms with Crippen LogP contribution >= 0.6 is 23.4 Å². The lowest BCUT2D eigenvalue weighted by atomic mass is 10.2. The largest absolute Gasteiger partial charge is 0.283 e. The summed E-state index contributed by atoms with van der Waals surface area (Å²) in [7, 11) is 0. The number of hydrogen-bond acceptors (Lipinski definition) is 6. The number of hydrogen-bond donors (Lipinski definition) is 0. The van der Waals surface area contributed by atoms with Gasteiger partial charge in [-0.2, -0.15) is 0 Å². The van der Waals surface area contributed by atoms with Crippen LogP contribution < -0.4 is 5.56 Å². The van der Waals surface area contributed by atoms with E-state index in [1.165, 1.54) is 11.8 Å². The lowest BCUT2D eigenvalue weighted by Crippen LogP contribution is -2.22. The molecule has 3 aromatic rings. The van der Waals surface area contributed by atoms with Crippen molar-refractivity contribution < 1.29 is 0 Å². The molecule has 1 aromatic carbocycles. The molecule has 0 amide bonds. The molecule has 0 spiro atoms. The quantitative estimate of drug-likeness (QED) is 0.358. The molecule has 2 heterocycles. The van der Waals surface area contributed by atoms with E-state index in [1.807, 2.05) is 0 Å². The van der Waals surface area contributed by atoms with Crippen molar-refractivity contribution in [3.8, 4) is 0 Å². The molecule has 25 heavy (non-hydrogen) atoms. The molecule has 130 valence electrons.